The van der Waals surface area contributed by atoms with Crippen molar-refractivity contribution in [3.8, 4) is 0 Å². The van der Waals surface area contributed by atoms with Crippen LogP contribution in [0.4, 0.5) is 0 Å². The van der Waals surface area contributed by atoms with Crippen molar-refractivity contribution in [2.24, 2.45) is 0 Å². The molecule has 11 heteroatoms. The number of esters is 1. The van der Waals surface area contributed by atoms with E-state index in [4.69, 9.17) is 14.2 Å². The Balaban J connectivity index is 2.74. The third-order valence-electron chi connectivity index (χ3n) is 13.4. The summed E-state index contributed by atoms with van der Waals surface area (Å²) in [5.41, 5.74) is 0. The summed E-state index contributed by atoms with van der Waals surface area (Å²) in [6.45, 7) is 5.63. The van der Waals surface area contributed by atoms with Crippen LogP contribution in [0.25, 0.3) is 0 Å². The van der Waals surface area contributed by atoms with E-state index in [1.54, 1.807) is 6.08 Å². The molecule has 1 amide bonds. The number of aliphatic hydroxyl groups is 5. The van der Waals surface area contributed by atoms with Gasteiger partial charge in [0, 0.05) is 6.42 Å². The van der Waals surface area contributed by atoms with Crippen molar-refractivity contribution in [1.82, 2.24) is 5.32 Å². The number of hydrogen-bond donors (Lipinski definition) is 6. The Kier molecular flexibility index (Phi) is 45.2. The summed E-state index contributed by atoms with van der Waals surface area (Å²) in [6.07, 6.45) is 48.3. The predicted molar refractivity (Wildman–Crippen MR) is 292 cm³/mol. The first kappa shape index (κ1) is 66.4. The molecule has 412 valence electrons. The van der Waals surface area contributed by atoms with Gasteiger partial charge in [-0.1, -0.05) is 216 Å². The van der Waals surface area contributed by atoms with Crippen molar-refractivity contribution < 1.29 is 49.3 Å². The van der Waals surface area contributed by atoms with Crippen LogP contribution < -0.4 is 5.32 Å². The molecule has 0 bridgehead atoms. The number of unbranched alkanes of at least 4 members (excludes halogenated alkanes) is 26. The molecule has 1 saturated heterocycles. The Bertz CT molecular complexity index is 1380. The highest BCUT2D eigenvalue weighted by Gasteiger charge is 2.47. The zero-order chi connectivity index (χ0) is 51.8. The number of hydrogen-bond acceptors (Lipinski definition) is 10. The summed E-state index contributed by atoms with van der Waals surface area (Å²) in [6, 6.07) is -1.03. The van der Waals surface area contributed by atoms with Crippen LogP contribution in [0.15, 0.2) is 60.8 Å². The highest BCUT2D eigenvalue weighted by molar-refractivity contribution is 5.80. The fourth-order valence-electron chi connectivity index (χ4n) is 8.78. The number of amides is 1. The Hall–Kier alpha value is -2.64. The zero-order valence-electron chi connectivity index (χ0n) is 45.3. The molecule has 1 rings (SSSR count). The molecule has 0 aromatic carbocycles. The molecule has 1 aliphatic heterocycles. The van der Waals surface area contributed by atoms with Gasteiger partial charge in [-0.05, 0) is 83.5 Å². The first-order valence-electron chi connectivity index (χ1n) is 29.1. The standard InChI is InChI=1S/C60H107NO10/c1-4-7-10-13-16-19-22-25-27-28-29-32-35-38-41-44-47-53(64)59(68)61-51(52(63)46-43-40-37-34-31-24-21-18-15-12-9-6-3)50-69-60-58(57(67)56(66)54(49-62)70-60)71-55(65)48-45-42-39-36-33-30-26-23-20-17-14-11-8-5-2/h8,11,16-17,19-20,25,27,43,46,51-54,56-58,60,62-64,66-67H,4-7,9-10,12-15,18,21-24,26,28-42,44-45,47-50H2,1-3H3,(H,61,68)/b11-8+,19-16-,20-17+,27-25-,46-43+. The van der Waals surface area contributed by atoms with Crippen LogP contribution in [0.1, 0.15) is 245 Å². The molecule has 71 heavy (non-hydrogen) atoms. The normalized spacial score (nSPS) is 20.0. The molecule has 1 fully saturated rings. The Labute approximate surface area is 433 Å². The number of allylic oxidation sites excluding steroid dienone is 9. The van der Waals surface area contributed by atoms with Crippen molar-refractivity contribution in [2.45, 2.75) is 294 Å². The average Bonchev–Trinajstić information content (AvgIpc) is 3.37. The molecule has 1 heterocycles. The second-order valence-corrected chi connectivity index (χ2v) is 20.0. The van der Waals surface area contributed by atoms with E-state index in [0.717, 1.165) is 109 Å². The molecule has 0 aromatic heterocycles. The van der Waals surface area contributed by atoms with E-state index in [1.165, 1.54) is 89.9 Å². The smallest absolute Gasteiger partial charge is 0.306 e. The van der Waals surface area contributed by atoms with Crippen molar-refractivity contribution in [2.75, 3.05) is 13.2 Å². The fourth-order valence-corrected chi connectivity index (χ4v) is 8.78. The summed E-state index contributed by atoms with van der Waals surface area (Å²) >= 11 is 0. The van der Waals surface area contributed by atoms with Gasteiger partial charge in [-0.2, -0.15) is 0 Å². The van der Waals surface area contributed by atoms with Gasteiger partial charge in [-0.25, -0.2) is 0 Å². The molecular formula is C60H107NO10. The monoisotopic (exact) mass is 1000 g/mol. The molecule has 0 spiro atoms. The maximum atomic E-state index is 13.4. The highest BCUT2D eigenvalue weighted by atomic mass is 16.7. The quantitative estimate of drug-likeness (QED) is 0.0196. The Morgan fingerprint density at radius 3 is 1.54 bits per heavy atom. The number of rotatable bonds is 48. The van der Waals surface area contributed by atoms with Gasteiger partial charge in [0.2, 0.25) is 5.91 Å². The van der Waals surface area contributed by atoms with E-state index in [2.05, 4.69) is 74.7 Å². The molecule has 8 atom stereocenters. The summed E-state index contributed by atoms with van der Waals surface area (Å²) < 4.78 is 17.6. The summed E-state index contributed by atoms with van der Waals surface area (Å²) in [5, 5.41) is 56.8. The lowest BCUT2D eigenvalue weighted by molar-refractivity contribution is -0.305. The average molecular weight is 1000 g/mol. The van der Waals surface area contributed by atoms with Gasteiger partial charge in [0.25, 0.3) is 0 Å². The molecule has 1 aliphatic rings. The van der Waals surface area contributed by atoms with Gasteiger partial charge >= 0.3 is 5.97 Å². The van der Waals surface area contributed by atoms with Gasteiger partial charge in [-0.15, -0.1) is 0 Å². The second kappa shape index (κ2) is 48.3. The van der Waals surface area contributed by atoms with E-state index in [1.807, 2.05) is 6.08 Å². The minimum Gasteiger partial charge on any atom is -0.454 e. The highest BCUT2D eigenvalue weighted by Crippen LogP contribution is 2.26. The third-order valence-corrected chi connectivity index (χ3v) is 13.4. The maximum absolute atomic E-state index is 13.4. The molecule has 0 aliphatic carbocycles. The van der Waals surface area contributed by atoms with Crippen molar-refractivity contribution in [3.63, 3.8) is 0 Å². The molecule has 8 unspecified atom stereocenters. The first-order valence-corrected chi connectivity index (χ1v) is 29.1. The SMILES string of the molecule is CC/C=C/C/C=C/CCCCCCCCCC(=O)OC1C(OCC(NC(=O)C(O)CCCCCCCC/C=C\C/C=C\CCCCC)C(O)/C=C/CCCCCCCCCCCC)OC(CO)C(O)C1O. The summed E-state index contributed by atoms with van der Waals surface area (Å²) in [5.74, 6) is -1.21. The van der Waals surface area contributed by atoms with Gasteiger partial charge in [-0.3, -0.25) is 9.59 Å². The van der Waals surface area contributed by atoms with Gasteiger partial charge in [0.05, 0.1) is 25.4 Å². The van der Waals surface area contributed by atoms with Crippen LogP contribution in [0.3, 0.4) is 0 Å². The second-order valence-electron chi connectivity index (χ2n) is 20.0. The lowest BCUT2D eigenvalue weighted by Gasteiger charge is -2.41. The van der Waals surface area contributed by atoms with Crippen LogP contribution in [-0.4, -0.2) is 99.6 Å². The topological polar surface area (TPSA) is 175 Å². The lowest BCUT2D eigenvalue weighted by Crippen LogP contribution is -2.61. The predicted octanol–water partition coefficient (Wildman–Crippen LogP) is 13.1. The van der Waals surface area contributed by atoms with Gasteiger partial charge in [0.15, 0.2) is 12.4 Å². The Morgan fingerprint density at radius 1 is 0.563 bits per heavy atom. The molecule has 0 radical (unpaired) electrons. The first-order chi connectivity index (χ1) is 34.7. The summed E-state index contributed by atoms with van der Waals surface area (Å²) in [7, 11) is 0. The minimum atomic E-state index is -1.62. The van der Waals surface area contributed by atoms with Crippen LogP contribution >= 0.6 is 0 Å². The van der Waals surface area contributed by atoms with Crippen molar-refractivity contribution >= 4 is 11.9 Å². The fraction of sp³-hybridized carbons (Fsp3) is 0.800. The molecule has 0 aromatic rings. The zero-order valence-corrected chi connectivity index (χ0v) is 45.3. The van der Waals surface area contributed by atoms with E-state index in [0.29, 0.717) is 12.8 Å². The lowest BCUT2D eigenvalue weighted by atomic mass is 9.99. The van der Waals surface area contributed by atoms with E-state index in [-0.39, 0.29) is 19.4 Å². The molecule has 6 N–H and O–H groups in total. The Morgan fingerprint density at radius 2 is 1.01 bits per heavy atom. The van der Waals surface area contributed by atoms with E-state index < -0.39 is 67.4 Å². The van der Waals surface area contributed by atoms with Crippen molar-refractivity contribution in [3.05, 3.63) is 60.8 Å². The number of nitrogens with one attached hydrogen (secondary N) is 1. The van der Waals surface area contributed by atoms with E-state index >= 15 is 0 Å². The maximum Gasteiger partial charge on any atom is 0.306 e. The molecule has 11 nitrogen and oxygen atoms in total. The van der Waals surface area contributed by atoms with Crippen LogP contribution in [-0.2, 0) is 23.8 Å². The number of aliphatic hydroxyl groups excluding tert-OH is 5. The number of ether oxygens (including phenoxy) is 3. The number of carbonyl (C=O) groups is 2. The van der Waals surface area contributed by atoms with Crippen LogP contribution in [0.2, 0.25) is 0 Å². The third kappa shape index (κ3) is 36.9. The van der Waals surface area contributed by atoms with Gasteiger partial charge in [0.1, 0.15) is 24.4 Å². The summed E-state index contributed by atoms with van der Waals surface area (Å²) in [4.78, 5) is 26.5. The molecular weight excluding hydrogens is 895 g/mol. The van der Waals surface area contributed by atoms with Crippen LogP contribution in [0, 0.1) is 0 Å². The largest absolute Gasteiger partial charge is 0.454 e. The molecule has 0 saturated carbocycles. The van der Waals surface area contributed by atoms with E-state index in [9.17, 15) is 35.1 Å². The van der Waals surface area contributed by atoms with Crippen LogP contribution in [0.5, 0.6) is 0 Å². The van der Waals surface area contributed by atoms with Gasteiger partial charge < -0.3 is 45.1 Å². The number of carbonyl (C=O) groups excluding carboxylic acids is 2. The minimum absolute atomic E-state index is 0.112. The van der Waals surface area contributed by atoms with Crippen molar-refractivity contribution in [1.29, 1.82) is 0 Å².